The molecule has 2 aliphatic rings. The first-order valence-corrected chi connectivity index (χ1v) is 9.60. The Morgan fingerprint density at radius 1 is 1.15 bits per heavy atom. The molecule has 1 N–H and O–H groups in total. The molecule has 0 saturated carbocycles. The van der Waals surface area contributed by atoms with Crippen LogP contribution in [-0.2, 0) is 10.1 Å². The molecule has 1 aromatic carbocycles. The second-order valence-corrected chi connectivity index (χ2v) is 7.63. The van der Waals surface area contributed by atoms with Crippen LogP contribution in [0.15, 0.2) is 63.3 Å². The fourth-order valence-electron chi connectivity index (χ4n) is 2.64. The van der Waals surface area contributed by atoms with Crippen molar-refractivity contribution in [1.29, 1.82) is 0 Å². The van der Waals surface area contributed by atoms with Gasteiger partial charge in [0.25, 0.3) is 5.96 Å². The number of aliphatic imine (C=N–C) groups is 2. The number of halogens is 2. The maximum absolute atomic E-state index is 11.8. The molecule has 26 heavy (non-hydrogen) atoms. The average molecular weight is 409 g/mol. The fourth-order valence-corrected chi connectivity index (χ4v) is 3.67. The number of rotatable bonds is 2. The lowest BCUT2D eigenvalue weighted by atomic mass is 10.1. The molecule has 0 radical (unpaired) electrons. The third-order valence-corrected chi connectivity index (χ3v) is 5.41. The molecule has 132 valence electrons. The van der Waals surface area contributed by atoms with Crippen molar-refractivity contribution >= 4 is 45.0 Å². The summed E-state index contributed by atoms with van der Waals surface area (Å²) < 4.78 is 34.4. The van der Waals surface area contributed by atoms with Crippen LogP contribution >= 0.6 is 23.2 Å². The third kappa shape index (κ3) is 2.90. The van der Waals surface area contributed by atoms with Crippen molar-refractivity contribution in [3.8, 4) is 11.1 Å². The molecular weight excluding hydrogens is 399 g/mol. The molecule has 1 aliphatic heterocycles. The van der Waals surface area contributed by atoms with E-state index in [1.54, 1.807) is 18.2 Å². The highest BCUT2D eigenvalue weighted by atomic mass is 35.5. The van der Waals surface area contributed by atoms with E-state index in [1.165, 1.54) is 10.9 Å². The highest BCUT2D eigenvalue weighted by molar-refractivity contribution is 7.85. The van der Waals surface area contributed by atoms with E-state index < -0.39 is 15.1 Å². The number of hydrogen-bond acceptors (Lipinski definition) is 5. The second-order valence-electron chi connectivity index (χ2n) is 5.51. The quantitative estimate of drug-likeness (QED) is 0.767. The van der Waals surface area contributed by atoms with E-state index in [1.807, 2.05) is 18.2 Å². The first kappa shape index (κ1) is 17.2. The maximum Gasteiger partial charge on any atom is 0.314 e. The van der Waals surface area contributed by atoms with Gasteiger partial charge in [0.1, 0.15) is 0 Å². The van der Waals surface area contributed by atoms with E-state index in [0.29, 0.717) is 17.0 Å². The Morgan fingerprint density at radius 2 is 1.96 bits per heavy atom. The Hall–Kier alpha value is -2.26. The van der Waals surface area contributed by atoms with Crippen molar-refractivity contribution in [2.45, 2.75) is 11.4 Å². The number of hydrogen-bond donors (Lipinski definition) is 1. The van der Waals surface area contributed by atoms with E-state index in [2.05, 4.69) is 15.1 Å². The first-order valence-electron chi connectivity index (χ1n) is 7.41. The highest BCUT2D eigenvalue weighted by Crippen LogP contribution is 2.36. The molecule has 10 heteroatoms. The highest BCUT2D eigenvalue weighted by Gasteiger charge is 2.27. The molecule has 0 saturated heterocycles. The number of aromatic nitrogens is 2. The molecule has 4 rings (SSSR count). The van der Waals surface area contributed by atoms with Gasteiger partial charge in [-0.1, -0.05) is 47.5 Å². The summed E-state index contributed by atoms with van der Waals surface area (Å²) >= 11 is 12.2. The van der Waals surface area contributed by atoms with Crippen LogP contribution in [0.25, 0.3) is 11.1 Å². The first-order chi connectivity index (χ1) is 12.3. The lowest BCUT2D eigenvalue weighted by Gasteiger charge is -2.04. The summed E-state index contributed by atoms with van der Waals surface area (Å²) in [7, 11) is -4.61. The fraction of sp³-hybridized carbons (Fsp3) is 0.0625. The SMILES string of the molecule is O=S(=O)(O)c1nn(C2=NC3=CCC=CC3=N2)cc1-c1cccc(Cl)c1Cl. The lowest BCUT2D eigenvalue weighted by molar-refractivity contribution is 0.478. The van der Waals surface area contributed by atoms with Gasteiger partial charge in [-0.15, -0.1) is 0 Å². The largest absolute Gasteiger partial charge is 0.314 e. The van der Waals surface area contributed by atoms with Crippen molar-refractivity contribution in [2.24, 2.45) is 9.98 Å². The Balaban J connectivity index is 1.90. The Morgan fingerprint density at radius 3 is 2.69 bits per heavy atom. The molecule has 0 spiro atoms. The minimum absolute atomic E-state index is 0.0993. The van der Waals surface area contributed by atoms with Crippen molar-refractivity contribution in [3.63, 3.8) is 0 Å². The zero-order valence-electron chi connectivity index (χ0n) is 13.0. The van der Waals surface area contributed by atoms with Crippen molar-refractivity contribution < 1.29 is 13.0 Å². The van der Waals surface area contributed by atoms with E-state index in [-0.39, 0.29) is 21.6 Å². The van der Waals surface area contributed by atoms with E-state index in [4.69, 9.17) is 23.2 Å². The number of allylic oxidation sites excluding steroid dienone is 3. The Labute approximate surface area is 158 Å². The summed E-state index contributed by atoms with van der Waals surface area (Å²) in [5.41, 5.74) is 1.77. The van der Waals surface area contributed by atoms with Gasteiger partial charge in [-0.05, 0) is 18.6 Å². The minimum atomic E-state index is -4.61. The zero-order chi connectivity index (χ0) is 18.5. The van der Waals surface area contributed by atoms with Gasteiger partial charge in [0.2, 0.25) is 5.03 Å². The monoisotopic (exact) mass is 408 g/mol. The average Bonchev–Trinajstić information content (AvgIpc) is 3.20. The number of benzene rings is 1. The molecule has 1 aromatic heterocycles. The number of nitrogens with zero attached hydrogens (tertiary/aromatic N) is 4. The molecule has 1 aliphatic carbocycles. The molecule has 0 atom stereocenters. The molecule has 2 aromatic rings. The van der Waals surface area contributed by atoms with Gasteiger partial charge in [0.05, 0.1) is 21.5 Å². The summed E-state index contributed by atoms with van der Waals surface area (Å²) in [5.74, 6) is 0.187. The van der Waals surface area contributed by atoms with Gasteiger partial charge >= 0.3 is 10.1 Å². The molecule has 0 unspecified atom stereocenters. The lowest BCUT2D eigenvalue weighted by Crippen LogP contribution is -2.09. The molecule has 0 bridgehead atoms. The molecular formula is C16H10Cl2N4O3S. The molecule has 0 amide bonds. The zero-order valence-corrected chi connectivity index (χ0v) is 15.3. The van der Waals surface area contributed by atoms with E-state index in [9.17, 15) is 13.0 Å². The van der Waals surface area contributed by atoms with Crippen LogP contribution < -0.4 is 0 Å². The van der Waals surface area contributed by atoms with Gasteiger partial charge in [-0.25, -0.2) is 14.7 Å². The summed E-state index contributed by atoms with van der Waals surface area (Å²) in [6.07, 6.45) is 7.79. The minimum Gasteiger partial charge on any atom is -0.281 e. The predicted molar refractivity (Wildman–Crippen MR) is 99.6 cm³/mol. The van der Waals surface area contributed by atoms with Crippen LogP contribution in [-0.4, -0.2) is 34.4 Å². The van der Waals surface area contributed by atoms with E-state index in [0.717, 1.165) is 6.42 Å². The Bertz CT molecular complexity index is 1160. The normalized spacial score (nSPS) is 16.2. The summed E-state index contributed by atoms with van der Waals surface area (Å²) in [4.78, 5) is 8.67. The predicted octanol–water partition coefficient (Wildman–Crippen LogP) is 3.61. The van der Waals surface area contributed by atoms with Gasteiger partial charge in [-0.2, -0.15) is 13.5 Å². The summed E-state index contributed by atoms with van der Waals surface area (Å²) in [6, 6.07) is 4.77. The van der Waals surface area contributed by atoms with Crippen molar-refractivity contribution in [2.75, 3.05) is 0 Å². The molecule has 0 fully saturated rings. The van der Waals surface area contributed by atoms with Crippen LogP contribution in [0.4, 0.5) is 0 Å². The van der Waals surface area contributed by atoms with Crippen LogP contribution in [0.1, 0.15) is 6.42 Å². The second kappa shape index (κ2) is 6.17. The van der Waals surface area contributed by atoms with Gasteiger partial charge in [0.15, 0.2) is 0 Å². The molecule has 2 heterocycles. The Kier molecular flexibility index (Phi) is 4.07. The van der Waals surface area contributed by atoms with Crippen molar-refractivity contribution in [3.05, 3.63) is 58.4 Å². The van der Waals surface area contributed by atoms with Crippen LogP contribution in [0.2, 0.25) is 10.0 Å². The topological polar surface area (TPSA) is 96.9 Å². The van der Waals surface area contributed by atoms with Crippen LogP contribution in [0.3, 0.4) is 0 Å². The maximum atomic E-state index is 11.8. The summed E-state index contributed by atoms with van der Waals surface area (Å²) in [6.45, 7) is 0. The van der Waals surface area contributed by atoms with Crippen molar-refractivity contribution in [1.82, 2.24) is 9.78 Å². The van der Waals surface area contributed by atoms with Crippen LogP contribution in [0.5, 0.6) is 0 Å². The summed E-state index contributed by atoms with van der Waals surface area (Å²) in [5, 5.41) is 3.80. The molecule has 7 nitrogen and oxygen atoms in total. The van der Waals surface area contributed by atoms with Crippen LogP contribution in [0, 0.1) is 0 Å². The smallest absolute Gasteiger partial charge is 0.281 e. The van der Waals surface area contributed by atoms with Gasteiger partial charge < -0.3 is 0 Å². The standard InChI is InChI=1S/C16H10Cl2N4O3S/c17-11-5-3-4-9(14(11)18)10-8-22(21-15(10)26(23,24)25)16-19-12-6-1-2-7-13(12)20-16/h1,3-8H,2H2,(H,23,24,25). The number of fused-ring (bicyclic) bond motifs is 1. The van der Waals surface area contributed by atoms with E-state index >= 15 is 0 Å². The van der Waals surface area contributed by atoms with Gasteiger partial charge in [-0.3, -0.25) is 4.55 Å². The third-order valence-electron chi connectivity index (χ3n) is 3.80. The van der Waals surface area contributed by atoms with Gasteiger partial charge in [0, 0.05) is 17.3 Å².